The molecule has 0 bridgehead atoms. The molecule has 0 atom stereocenters. The molecule has 1 aliphatic rings. The van der Waals surface area contributed by atoms with E-state index in [1.165, 1.54) is 18.2 Å². The summed E-state index contributed by atoms with van der Waals surface area (Å²) in [7, 11) is 0. The van der Waals surface area contributed by atoms with Gasteiger partial charge in [-0.05, 0) is 34.1 Å². The molecule has 1 aliphatic heterocycles. The maximum absolute atomic E-state index is 13.3. The van der Waals surface area contributed by atoms with Crippen molar-refractivity contribution in [3.05, 3.63) is 75.5 Å². The molecule has 2 aromatic carbocycles. The summed E-state index contributed by atoms with van der Waals surface area (Å²) in [5.41, 5.74) is 2.70. The summed E-state index contributed by atoms with van der Waals surface area (Å²) in [5.74, 6) is -0.419. The lowest BCUT2D eigenvalue weighted by molar-refractivity contribution is 0.0626. The van der Waals surface area contributed by atoms with Crippen LogP contribution in [-0.2, 0) is 6.54 Å². The Bertz CT molecular complexity index is 971. The second-order valence-corrected chi connectivity index (χ2v) is 8.41. The Kier molecular flexibility index (Phi) is 5.85. The molecule has 0 unspecified atom stereocenters. The van der Waals surface area contributed by atoms with Crippen LogP contribution in [0.1, 0.15) is 16.1 Å². The van der Waals surface area contributed by atoms with Crippen molar-refractivity contribution in [2.75, 3.05) is 26.2 Å². The molecule has 3 aromatic rings. The molecule has 28 heavy (non-hydrogen) atoms. The zero-order chi connectivity index (χ0) is 19.5. The summed E-state index contributed by atoms with van der Waals surface area (Å²) in [4.78, 5) is 21.6. The van der Waals surface area contributed by atoms with Crippen LogP contribution in [0.15, 0.2) is 58.4 Å². The van der Waals surface area contributed by atoms with Gasteiger partial charge in [-0.25, -0.2) is 9.37 Å². The molecule has 0 aliphatic carbocycles. The van der Waals surface area contributed by atoms with Crippen molar-refractivity contribution >= 4 is 33.2 Å². The fourth-order valence-electron chi connectivity index (χ4n) is 3.26. The molecule has 4 nitrogen and oxygen atoms in total. The zero-order valence-corrected chi connectivity index (χ0v) is 17.5. The van der Waals surface area contributed by atoms with Crippen molar-refractivity contribution in [3.8, 4) is 10.6 Å². The second-order valence-electron chi connectivity index (χ2n) is 6.70. The topological polar surface area (TPSA) is 36.4 Å². The van der Waals surface area contributed by atoms with Gasteiger partial charge in [0.05, 0.1) is 11.3 Å². The first-order chi connectivity index (χ1) is 13.6. The fourth-order valence-corrected chi connectivity index (χ4v) is 4.60. The lowest BCUT2D eigenvalue weighted by Crippen LogP contribution is -2.48. The van der Waals surface area contributed by atoms with Gasteiger partial charge in [-0.3, -0.25) is 9.69 Å². The van der Waals surface area contributed by atoms with Gasteiger partial charge in [0.2, 0.25) is 0 Å². The number of benzene rings is 2. The van der Waals surface area contributed by atoms with Crippen LogP contribution in [0.2, 0.25) is 0 Å². The molecule has 7 heteroatoms. The summed E-state index contributed by atoms with van der Waals surface area (Å²) in [6.45, 7) is 3.67. The number of thiazole rings is 1. The van der Waals surface area contributed by atoms with Crippen LogP contribution in [0, 0.1) is 5.82 Å². The third kappa shape index (κ3) is 4.32. The summed E-state index contributed by atoms with van der Waals surface area (Å²) in [6.07, 6.45) is 0. The Morgan fingerprint density at radius 2 is 1.86 bits per heavy atom. The molecular formula is C21H19BrFN3OS. The molecule has 4 rings (SSSR count). The quantitative estimate of drug-likeness (QED) is 0.568. The number of carbonyl (C=O) groups is 1. The Morgan fingerprint density at radius 1 is 1.11 bits per heavy atom. The zero-order valence-electron chi connectivity index (χ0n) is 15.1. The SMILES string of the molecule is O=C(c1ccc(F)cc1Br)N1CCN(Cc2csc(-c3ccccc3)n2)CC1. The van der Waals surface area contributed by atoms with Crippen LogP contribution in [-0.4, -0.2) is 46.9 Å². The van der Waals surface area contributed by atoms with E-state index in [0.29, 0.717) is 23.1 Å². The Labute approximate surface area is 175 Å². The van der Waals surface area contributed by atoms with Gasteiger partial charge in [0, 0.05) is 48.1 Å². The largest absolute Gasteiger partial charge is 0.336 e. The predicted octanol–water partition coefficient (Wildman–Crippen LogP) is 4.67. The number of rotatable bonds is 4. The predicted molar refractivity (Wildman–Crippen MR) is 113 cm³/mol. The van der Waals surface area contributed by atoms with E-state index in [-0.39, 0.29) is 11.7 Å². The van der Waals surface area contributed by atoms with Gasteiger partial charge >= 0.3 is 0 Å². The number of aromatic nitrogens is 1. The first-order valence-electron chi connectivity index (χ1n) is 9.06. The van der Waals surface area contributed by atoms with Crippen LogP contribution < -0.4 is 0 Å². The molecule has 0 radical (unpaired) electrons. The molecule has 1 aromatic heterocycles. The summed E-state index contributed by atoms with van der Waals surface area (Å²) < 4.78 is 13.8. The minimum Gasteiger partial charge on any atom is -0.336 e. The molecule has 0 spiro atoms. The monoisotopic (exact) mass is 459 g/mol. The number of amides is 1. The smallest absolute Gasteiger partial charge is 0.255 e. The average Bonchev–Trinajstić information content (AvgIpc) is 3.17. The Balaban J connectivity index is 1.34. The molecule has 2 heterocycles. The van der Waals surface area contributed by atoms with Gasteiger partial charge in [-0.2, -0.15) is 0 Å². The minimum atomic E-state index is -0.355. The molecule has 1 saturated heterocycles. The van der Waals surface area contributed by atoms with E-state index in [0.717, 1.165) is 35.9 Å². The van der Waals surface area contributed by atoms with Crippen LogP contribution in [0.4, 0.5) is 4.39 Å². The van der Waals surface area contributed by atoms with Gasteiger partial charge in [-0.15, -0.1) is 11.3 Å². The third-order valence-electron chi connectivity index (χ3n) is 4.78. The second kappa shape index (κ2) is 8.51. The van der Waals surface area contributed by atoms with Crippen LogP contribution >= 0.6 is 27.3 Å². The highest BCUT2D eigenvalue weighted by Gasteiger charge is 2.24. The van der Waals surface area contributed by atoms with E-state index in [1.54, 1.807) is 11.3 Å². The number of halogens is 2. The average molecular weight is 460 g/mol. The number of hydrogen-bond acceptors (Lipinski definition) is 4. The Morgan fingerprint density at radius 3 is 2.57 bits per heavy atom. The van der Waals surface area contributed by atoms with Crippen molar-refractivity contribution < 1.29 is 9.18 Å². The van der Waals surface area contributed by atoms with Crippen LogP contribution in [0.25, 0.3) is 10.6 Å². The van der Waals surface area contributed by atoms with Gasteiger partial charge < -0.3 is 4.90 Å². The summed E-state index contributed by atoms with van der Waals surface area (Å²) >= 11 is 4.95. The highest BCUT2D eigenvalue weighted by atomic mass is 79.9. The van der Waals surface area contributed by atoms with Crippen molar-refractivity contribution in [2.24, 2.45) is 0 Å². The highest BCUT2D eigenvalue weighted by Crippen LogP contribution is 2.24. The number of hydrogen-bond donors (Lipinski definition) is 0. The first kappa shape index (κ1) is 19.2. The normalized spacial score (nSPS) is 15.0. The van der Waals surface area contributed by atoms with E-state index in [9.17, 15) is 9.18 Å². The maximum atomic E-state index is 13.3. The van der Waals surface area contributed by atoms with Crippen molar-refractivity contribution in [2.45, 2.75) is 6.54 Å². The number of piperazine rings is 1. The van der Waals surface area contributed by atoms with E-state index >= 15 is 0 Å². The van der Waals surface area contributed by atoms with Gasteiger partial charge in [-0.1, -0.05) is 30.3 Å². The van der Waals surface area contributed by atoms with Crippen molar-refractivity contribution in [1.82, 2.24) is 14.8 Å². The maximum Gasteiger partial charge on any atom is 0.255 e. The lowest BCUT2D eigenvalue weighted by Gasteiger charge is -2.34. The summed E-state index contributed by atoms with van der Waals surface area (Å²) in [5, 5.41) is 3.14. The molecule has 144 valence electrons. The van der Waals surface area contributed by atoms with Crippen molar-refractivity contribution in [1.29, 1.82) is 0 Å². The molecule has 0 N–H and O–H groups in total. The number of nitrogens with zero attached hydrogens (tertiary/aromatic N) is 3. The third-order valence-corrected chi connectivity index (χ3v) is 6.38. The Hall–Kier alpha value is -2.09. The highest BCUT2D eigenvalue weighted by molar-refractivity contribution is 9.10. The number of carbonyl (C=O) groups excluding carboxylic acids is 1. The standard InChI is InChI=1S/C21H19BrFN3OS/c22-19-12-16(23)6-7-18(19)21(27)26-10-8-25(9-11-26)13-17-14-28-20(24-17)15-4-2-1-3-5-15/h1-7,12,14H,8-11,13H2. The van der Waals surface area contributed by atoms with Gasteiger partial charge in [0.25, 0.3) is 5.91 Å². The lowest BCUT2D eigenvalue weighted by atomic mass is 10.1. The van der Waals surface area contributed by atoms with Crippen molar-refractivity contribution in [3.63, 3.8) is 0 Å². The van der Waals surface area contributed by atoms with Gasteiger partial charge in [0.15, 0.2) is 0 Å². The van der Waals surface area contributed by atoms with Gasteiger partial charge in [0.1, 0.15) is 10.8 Å². The van der Waals surface area contributed by atoms with E-state index in [1.807, 2.05) is 23.1 Å². The molecular weight excluding hydrogens is 441 g/mol. The fraction of sp³-hybridized carbons (Fsp3) is 0.238. The molecule has 0 saturated carbocycles. The summed E-state index contributed by atoms with van der Waals surface area (Å²) in [6, 6.07) is 14.4. The first-order valence-corrected chi connectivity index (χ1v) is 10.7. The molecule has 1 fully saturated rings. The van der Waals surface area contributed by atoms with E-state index in [4.69, 9.17) is 4.98 Å². The molecule has 1 amide bonds. The van der Waals surface area contributed by atoms with Crippen LogP contribution in [0.5, 0.6) is 0 Å². The van der Waals surface area contributed by atoms with E-state index in [2.05, 4.69) is 38.3 Å². The van der Waals surface area contributed by atoms with Crippen LogP contribution in [0.3, 0.4) is 0 Å². The van der Waals surface area contributed by atoms with E-state index < -0.39 is 0 Å². The minimum absolute atomic E-state index is 0.0634.